The van der Waals surface area contributed by atoms with Crippen molar-refractivity contribution < 1.29 is 14.6 Å². The van der Waals surface area contributed by atoms with Gasteiger partial charge in [-0.05, 0) is 44.7 Å². The van der Waals surface area contributed by atoms with Gasteiger partial charge < -0.3 is 9.84 Å². The molecule has 1 unspecified atom stereocenters. The summed E-state index contributed by atoms with van der Waals surface area (Å²) in [5.41, 5.74) is 1.26. The van der Waals surface area contributed by atoms with E-state index in [1.807, 2.05) is 30.3 Å². The van der Waals surface area contributed by atoms with Crippen LogP contribution in [0.4, 0.5) is 10.5 Å². The van der Waals surface area contributed by atoms with Gasteiger partial charge in [0, 0.05) is 0 Å². The lowest BCUT2D eigenvalue weighted by Gasteiger charge is -2.55. The summed E-state index contributed by atoms with van der Waals surface area (Å²) in [6.45, 7) is 1.71. The summed E-state index contributed by atoms with van der Waals surface area (Å²) in [4.78, 5) is 11.9. The Kier molecular flexibility index (Phi) is 3.09. The molecular weight excluding hydrogens is 256 g/mol. The first-order chi connectivity index (χ1) is 9.55. The molecule has 1 aliphatic carbocycles. The van der Waals surface area contributed by atoms with Gasteiger partial charge in [0.1, 0.15) is 0 Å². The van der Waals surface area contributed by atoms with E-state index in [9.17, 15) is 9.90 Å². The van der Waals surface area contributed by atoms with Crippen molar-refractivity contribution in [2.45, 2.75) is 50.4 Å². The van der Waals surface area contributed by atoms with E-state index in [0.717, 1.165) is 24.9 Å². The Morgan fingerprint density at radius 2 is 1.85 bits per heavy atom. The number of para-hydroxylation sites is 1. The summed E-state index contributed by atoms with van der Waals surface area (Å²) < 4.78 is 5.54. The number of hydrogen-bond donors (Lipinski definition) is 2. The number of nitrogens with one attached hydrogen (secondary N) is 1. The first-order valence-electron chi connectivity index (χ1n) is 7.12. The topological polar surface area (TPSA) is 61.8 Å². The standard InChI is InChI=1S/C15H20N2O3/c1-14(19)15(10-6-3-7-11-15)20-13(18)16-17(14)12-8-4-2-5-9-12/h2,4-5,8-9,19H,3,6-7,10-11H2,1H3,(H,16,18). The van der Waals surface area contributed by atoms with Gasteiger partial charge in [-0.1, -0.05) is 24.6 Å². The third kappa shape index (κ3) is 1.93. The molecule has 108 valence electrons. The van der Waals surface area contributed by atoms with Crippen LogP contribution in [-0.4, -0.2) is 22.5 Å². The molecule has 1 atom stereocenters. The van der Waals surface area contributed by atoms with Crippen LogP contribution < -0.4 is 10.4 Å². The molecular formula is C15H20N2O3. The zero-order valence-electron chi connectivity index (χ0n) is 11.6. The van der Waals surface area contributed by atoms with Crippen molar-refractivity contribution in [3.63, 3.8) is 0 Å². The number of nitrogens with zero attached hydrogens (tertiary/aromatic N) is 1. The van der Waals surface area contributed by atoms with E-state index in [2.05, 4.69) is 5.43 Å². The van der Waals surface area contributed by atoms with Gasteiger partial charge in [0.2, 0.25) is 0 Å². The first-order valence-corrected chi connectivity index (χ1v) is 7.12. The van der Waals surface area contributed by atoms with Gasteiger partial charge in [0.05, 0.1) is 5.69 Å². The highest BCUT2D eigenvalue weighted by molar-refractivity contribution is 5.73. The van der Waals surface area contributed by atoms with Crippen molar-refractivity contribution in [3.8, 4) is 0 Å². The van der Waals surface area contributed by atoms with Crippen molar-refractivity contribution in [3.05, 3.63) is 30.3 Å². The van der Waals surface area contributed by atoms with Crippen LogP contribution in [0.5, 0.6) is 0 Å². The van der Waals surface area contributed by atoms with Gasteiger partial charge in [0.25, 0.3) is 0 Å². The van der Waals surface area contributed by atoms with Gasteiger partial charge in [-0.3, -0.25) is 0 Å². The molecule has 1 saturated heterocycles. The van der Waals surface area contributed by atoms with Gasteiger partial charge in [0.15, 0.2) is 11.3 Å². The van der Waals surface area contributed by atoms with E-state index in [1.165, 1.54) is 5.01 Å². The summed E-state index contributed by atoms with van der Waals surface area (Å²) in [5, 5.41) is 12.6. The lowest BCUT2D eigenvalue weighted by Crippen LogP contribution is -2.74. The molecule has 1 saturated carbocycles. The van der Waals surface area contributed by atoms with Crippen molar-refractivity contribution in [1.82, 2.24) is 5.43 Å². The SMILES string of the molecule is CC1(O)N(c2ccccc2)NC(=O)OC12CCCCC2. The van der Waals surface area contributed by atoms with Crippen molar-refractivity contribution >= 4 is 11.8 Å². The van der Waals surface area contributed by atoms with E-state index in [-0.39, 0.29) is 0 Å². The van der Waals surface area contributed by atoms with Crippen LogP contribution in [-0.2, 0) is 4.74 Å². The average Bonchev–Trinajstić information content (AvgIpc) is 2.45. The van der Waals surface area contributed by atoms with Gasteiger partial charge in [-0.15, -0.1) is 0 Å². The highest BCUT2D eigenvalue weighted by Gasteiger charge is 2.58. The van der Waals surface area contributed by atoms with Crippen LogP contribution in [0, 0.1) is 0 Å². The smallest absolute Gasteiger partial charge is 0.426 e. The fraction of sp³-hybridized carbons (Fsp3) is 0.533. The predicted octanol–water partition coefficient (Wildman–Crippen LogP) is 2.56. The number of hydrazine groups is 1. The van der Waals surface area contributed by atoms with E-state index < -0.39 is 17.4 Å². The van der Waals surface area contributed by atoms with Crippen LogP contribution >= 0.6 is 0 Å². The van der Waals surface area contributed by atoms with Crippen LogP contribution in [0.25, 0.3) is 0 Å². The second-order valence-corrected chi connectivity index (χ2v) is 5.75. The molecule has 5 nitrogen and oxygen atoms in total. The third-order valence-corrected chi connectivity index (χ3v) is 4.47. The number of hydrogen-bond acceptors (Lipinski definition) is 4. The first kappa shape index (κ1) is 13.2. The highest BCUT2D eigenvalue weighted by atomic mass is 16.6. The molecule has 1 aromatic carbocycles. The monoisotopic (exact) mass is 276 g/mol. The molecule has 2 N–H and O–H groups in total. The molecule has 0 aromatic heterocycles. The minimum absolute atomic E-state index is 0.498. The second kappa shape index (κ2) is 4.66. The van der Waals surface area contributed by atoms with E-state index >= 15 is 0 Å². The third-order valence-electron chi connectivity index (χ3n) is 4.47. The molecule has 1 amide bonds. The van der Waals surface area contributed by atoms with Crippen molar-refractivity contribution in [2.24, 2.45) is 0 Å². The van der Waals surface area contributed by atoms with Gasteiger partial charge in [-0.2, -0.15) is 0 Å². The van der Waals surface area contributed by atoms with E-state index in [1.54, 1.807) is 6.92 Å². The summed E-state index contributed by atoms with van der Waals surface area (Å²) in [6, 6.07) is 9.37. The Morgan fingerprint density at radius 3 is 2.50 bits per heavy atom. The van der Waals surface area contributed by atoms with Gasteiger partial charge in [-0.25, -0.2) is 15.2 Å². The number of anilines is 1. The number of aliphatic hydroxyl groups is 1. The maximum absolute atomic E-state index is 11.9. The summed E-state index contributed by atoms with van der Waals surface area (Å²) in [7, 11) is 0. The summed E-state index contributed by atoms with van der Waals surface area (Å²) in [5.74, 6) is 0. The fourth-order valence-corrected chi connectivity index (χ4v) is 3.29. The molecule has 1 heterocycles. The lowest BCUT2D eigenvalue weighted by molar-refractivity contribution is -0.181. The minimum Gasteiger partial charge on any atom is -0.437 e. The molecule has 1 spiro atoms. The fourth-order valence-electron chi connectivity index (χ4n) is 3.29. The Bertz CT molecular complexity index is 495. The molecule has 1 aliphatic heterocycles. The number of amides is 1. The van der Waals surface area contributed by atoms with Crippen LogP contribution in [0.15, 0.2) is 30.3 Å². The molecule has 0 radical (unpaired) electrons. The zero-order valence-corrected chi connectivity index (χ0v) is 11.6. The van der Waals surface area contributed by atoms with Crippen molar-refractivity contribution in [1.29, 1.82) is 0 Å². The quantitative estimate of drug-likeness (QED) is 0.827. The van der Waals surface area contributed by atoms with Crippen LogP contribution in [0.3, 0.4) is 0 Å². The molecule has 0 bridgehead atoms. The molecule has 20 heavy (non-hydrogen) atoms. The normalized spacial score (nSPS) is 28.9. The molecule has 2 aliphatic rings. The van der Waals surface area contributed by atoms with Crippen molar-refractivity contribution in [2.75, 3.05) is 5.01 Å². The Labute approximate surface area is 118 Å². The Morgan fingerprint density at radius 1 is 1.20 bits per heavy atom. The van der Waals surface area contributed by atoms with Crippen LogP contribution in [0.2, 0.25) is 0 Å². The number of ether oxygens (including phenoxy) is 1. The molecule has 5 heteroatoms. The number of benzene rings is 1. The molecule has 3 rings (SSSR count). The summed E-state index contributed by atoms with van der Waals surface area (Å²) in [6.07, 6.45) is 3.93. The number of carbonyl (C=O) groups excluding carboxylic acids is 1. The number of rotatable bonds is 1. The average molecular weight is 276 g/mol. The molecule has 2 fully saturated rings. The largest absolute Gasteiger partial charge is 0.437 e. The maximum Gasteiger partial charge on any atom is 0.426 e. The Hall–Kier alpha value is -1.75. The second-order valence-electron chi connectivity index (χ2n) is 5.75. The van der Waals surface area contributed by atoms with Crippen LogP contribution in [0.1, 0.15) is 39.0 Å². The van der Waals surface area contributed by atoms with E-state index in [0.29, 0.717) is 12.8 Å². The van der Waals surface area contributed by atoms with Gasteiger partial charge >= 0.3 is 6.09 Å². The highest BCUT2D eigenvalue weighted by Crippen LogP contribution is 2.44. The zero-order chi connectivity index (χ0) is 14.2. The Balaban J connectivity index is 2.00. The predicted molar refractivity (Wildman–Crippen MR) is 75.0 cm³/mol. The summed E-state index contributed by atoms with van der Waals surface area (Å²) >= 11 is 0. The van der Waals surface area contributed by atoms with E-state index in [4.69, 9.17) is 4.74 Å². The number of carbonyl (C=O) groups is 1. The minimum atomic E-state index is -1.28. The lowest BCUT2D eigenvalue weighted by atomic mass is 9.76. The molecule has 1 aromatic rings. The maximum atomic E-state index is 11.9.